The predicted octanol–water partition coefficient (Wildman–Crippen LogP) is 3.15. The van der Waals surface area contributed by atoms with E-state index in [0.29, 0.717) is 17.1 Å². The molecule has 6 nitrogen and oxygen atoms in total. The van der Waals surface area contributed by atoms with Gasteiger partial charge in [-0.1, -0.05) is 24.3 Å². The molecular formula is C18H21N3O3. The first-order valence-electron chi connectivity index (χ1n) is 7.57. The molecule has 1 atom stereocenters. The number of amides is 3. The van der Waals surface area contributed by atoms with Crippen LogP contribution >= 0.6 is 0 Å². The molecule has 3 amide bonds. The zero-order chi connectivity index (χ0) is 17.5. The Bertz CT molecular complexity index is 717. The summed E-state index contributed by atoms with van der Waals surface area (Å²) in [5.41, 5.74) is 2.24. The minimum atomic E-state index is -0.709. The van der Waals surface area contributed by atoms with Crippen molar-refractivity contribution in [1.82, 2.24) is 5.32 Å². The molecule has 126 valence electrons. The largest absolute Gasteiger partial charge is 0.495 e. The molecule has 3 N–H and O–H groups in total. The Morgan fingerprint density at radius 1 is 1.04 bits per heavy atom. The van der Waals surface area contributed by atoms with Crippen molar-refractivity contribution >= 4 is 23.3 Å². The maximum Gasteiger partial charge on any atom is 0.319 e. The van der Waals surface area contributed by atoms with Crippen LogP contribution in [0.2, 0.25) is 0 Å². The van der Waals surface area contributed by atoms with Crippen LogP contribution in [0.1, 0.15) is 12.5 Å². The van der Waals surface area contributed by atoms with Crippen molar-refractivity contribution in [3.8, 4) is 5.75 Å². The number of para-hydroxylation sites is 1. The average Bonchev–Trinajstić information content (AvgIpc) is 2.57. The quantitative estimate of drug-likeness (QED) is 0.789. The first kappa shape index (κ1) is 17.3. The van der Waals surface area contributed by atoms with E-state index in [1.165, 1.54) is 0 Å². The number of ether oxygens (including phenoxy) is 1. The summed E-state index contributed by atoms with van der Waals surface area (Å²) < 4.78 is 5.25. The van der Waals surface area contributed by atoms with Crippen molar-refractivity contribution in [2.24, 2.45) is 0 Å². The molecular weight excluding hydrogens is 306 g/mol. The van der Waals surface area contributed by atoms with Crippen LogP contribution in [-0.4, -0.2) is 25.1 Å². The van der Waals surface area contributed by atoms with E-state index in [4.69, 9.17) is 4.74 Å². The van der Waals surface area contributed by atoms with Gasteiger partial charge < -0.3 is 20.7 Å². The van der Waals surface area contributed by atoms with Gasteiger partial charge in [-0.3, -0.25) is 4.79 Å². The number of nitrogens with one attached hydrogen (secondary N) is 3. The van der Waals surface area contributed by atoms with E-state index in [1.807, 2.05) is 37.3 Å². The normalized spacial score (nSPS) is 11.3. The SMILES string of the molecule is COc1cc(C)ccc1NC(=O)[C@H](C)NC(=O)Nc1ccccc1. The van der Waals surface area contributed by atoms with Gasteiger partial charge in [0.1, 0.15) is 11.8 Å². The third kappa shape index (κ3) is 4.74. The molecule has 0 radical (unpaired) electrons. The second-order valence-corrected chi connectivity index (χ2v) is 5.38. The molecule has 0 unspecified atom stereocenters. The fourth-order valence-corrected chi connectivity index (χ4v) is 2.09. The van der Waals surface area contributed by atoms with Crippen LogP contribution < -0.4 is 20.7 Å². The molecule has 0 aliphatic heterocycles. The fraction of sp³-hybridized carbons (Fsp3) is 0.222. The summed E-state index contributed by atoms with van der Waals surface area (Å²) in [6, 6.07) is 13.3. The number of aryl methyl sites for hydroxylation is 1. The number of anilines is 2. The standard InChI is InChI=1S/C18H21N3O3/c1-12-9-10-15(16(11-12)24-3)21-17(22)13(2)19-18(23)20-14-7-5-4-6-8-14/h4-11,13H,1-3H3,(H,21,22)(H2,19,20,23)/t13-/m0/s1. The van der Waals surface area contributed by atoms with Gasteiger partial charge in [0.25, 0.3) is 0 Å². The molecule has 2 rings (SSSR count). The van der Waals surface area contributed by atoms with Gasteiger partial charge in [0.15, 0.2) is 0 Å². The van der Waals surface area contributed by atoms with E-state index < -0.39 is 12.1 Å². The van der Waals surface area contributed by atoms with Crippen LogP contribution in [-0.2, 0) is 4.79 Å². The van der Waals surface area contributed by atoms with Crippen LogP contribution in [0.4, 0.5) is 16.2 Å². The molecule has 0 bridgehead atoms. The molecule has 0 fully saturated rings. The minimum Gasteiger partial charge on any atom is -0.495 e. The van der Waals surface area contributed by atoms with Crippen molar-refractivity contribution in [3.05, 3.63) is 54.1 Å². The fourth-order valence-electron chi connectivity index (χ4n) is 2.09. The van der Waals surface area contributed by atoms with Gasteiger partial charge in [-0.2, -0.15) is 0 Å². The molecule has 0 aliphatic carbocycles. The van der Waals surface area contributed by atoms with E-state index in [9.17, 15) is 9.59 Å². The molecule has 2 aromatic rings. The molecule has 0 heterocycles. The van der Waals surface area contributed by atoms with Crippen molar-refractivity contribution < 1.29 is 14.3 Å². The predicted molar refractivity (Wildman–Crippen MR) is 94.4 cm³/mol. The van der Waals surface area contributed by atoms with Gasteiger partial charge in [-0.15, -0.1) is 0 Å². The van der Waals surface area contributed by atoms with E-state index in [1.54, 1.807) is 32.2 Å². The monoisotopic (exact) mass is 327 g/mol. The summed E-state index contributed by atoms with van der Waals surface area (Å²) >= 11 is 0. The third-order valence-electron chi connectivity index (χ3n) is 3.39. The Kier molecular flexibility index (Phi) is 5.78. The van der Waals surface area contributed by atoms with Crippen LogP contribution in [0, 0.1) is 6.92 Å². The van der Waals surface area contributed by atoms with Crippen LogP contribution in [0.3, 0.4) is 0 Å². The van der Waals surface area contributed by atoms with Crippen molar-refractivity contribution in [3.63, 3.8) is 0 Å². The summed E-state index contributed by atoms with van der Waals surface area (Å²) in [4.78, 5) is 24.2. The Balaban J connectivity index is 1.93. The second-order valence-electron chi connectivity index (χ2n) is 5.38. The van der Waals surface area contributed by atoms with Crippen LogP contribution in [0.15, 0.2) is 48.5 Å². The van der Waals surface area contributed by atoms with Gasteiger partial charge in [-0.05, 0) is 43.7 Å². The van der Waals surface area contributed by atoms with E-state index in [-0.39, 0.29) is 5.91 Å². The van der Waals surface area contributed by atoms with Gasteiger partial charge in [0.05, 0.1) is 12.8 Å². The Labute approximate surface area is 141 Å². The van der Waals surface area contributed by atoms with Gasteiger partial charge in [-0.25, -0.2) is 4.79 Å². The van der Waals surface area contributed by atoms with Gasteiger partial charge >= 0.3 is 6.03 Å². The highest BCUT2D eigenvalue weighted by atomic mass is 16.5. The number of hydrogen-bond acceptors (Lipinski definition) is 3. The number of carbonyl (C=O) groups excluding carboxylic acids is 2. The average molecular weight is 327 g/mol. The molecule has 0 aromatic heterocycles. The lowest BCUT2D eigenvalue weighted by Gasteiger charge is -2.16. The summed E-state index contributed by atoms with van der Waals surface area (Å²) in [5.74, 6) is 0.240. The first-order chi connectivity index (χ1) is 11.5. The minimum absolute atomic E-state index is 0.333. The smallest absolute Gasteiger partial charge is 0.319 e. The number of rotatable bonds is 5. The summed E-state index contributed by atoms with van der Waals surface area (Å²) in [6.45, 7) is 3.55. The van der Waals surface area contributed by atoms with Gasteiger partial charge in [0.2, 0.25) is 5.91 Å². The number of hydrogen-bond donors (Lipinski definition) is 3. The number of benzene rings is 2. The van der Waals surface area contributed by atoms with Crippen molar-refractivity contribution in [2.45, 2.75) is 19.9 Å². The van der Waals surface area contributed by atoms with Crippen LogP contribution in [0.5, 0.6) is 5.75 Å². The molecule has 0 spiro atoms. The Hall–Kier alpha value is -3.02. The second kappa shape index (κ2) is 8.01. The number of methoxy groups -OCH3 is 1. The van der Waals surface area contributed by atoms with Gasteiger partial charge in [0, 0.05) is 5.69 Å². The lowest BCUT2D eigenvalue weighted by molar-refractivity contribution is -0.117. The highest BCUT2D eigenvalue weighted by Gasteiger charge is 2.17. The molecule has 6 heteroatoms. The lowest BCUT2D eigenvalue weighted by atomic mass is 10.2. The van der Waals surface area contributed by atoms with Crippen molar-refractivity contribution in [1.29, 1.82) is 0 Å². The topological polar surface area (TPSA) is 79.5 Å². The first-order valence-corrected chi connectivity index (χ1v) is 7.57. The van der Waals surface area contributed by atoms with E-state index in [0.717, 1.165) is 5.56 Å². The number of urea groups is 1. The van der Waals surface area contributed by atoms with Crippen LogP contribution in [0.25, 0.3) is 0 Å². The lowest BCUT2D eigenvalue weighted by Crippen LogP contribution is -2.43. The zero-order valence-electron chi connectivity index (χ0n) is 13.9. The number of carbonyl (C=O) groups is 2. The maximum atomic E-state index is 12.2. The summed E-state index contributed by atoms with van der Waals surface area (Å²) in [7, 11) is 1.54. The Morgan fingerprint density at radius 3 is 2.42 bits per heavy atom. The third-order valence-corrected chi connectivity index (χ3v) is 3.39. The van der Waals surface area contributed by atoms with E-state index >= 15 is 0 Å². The molecule has 24 heavy (non-hydrogen) atoms. The highest BCUT2D eigenvalue weighted by molar-refractivity contribution is 5.99. The zero-order valence-corrected chi connectivity index (χ0v) is 13.9. The highest BCUT2D eigenvalue weighted by Crippen LogP contribution is 2.25. The van der Waals surface area contributed by atoms with E-state index in [2.05, 4.69) is 16.0 Å². The maximum absolute atomic E-state index is 12.2. The molecule has 0 saturated heterocycles. The Morgan fingerprint density at radius 2 is 1.75 bits per heavy atom. The molecule has 0 aliphatic rings. The molecule has 2 aromatic carbocycles. The summed E-state index contributed by atoms with van der Waals surface area (Å²) in [6.07, 6.45) is 0. The van der Waals surface area contributed by atoms with Crippen molar-refractivity contribution in [2.75, 3.05) is 17.7 Å². The molecule has 0 saturated carbocycles. The summed E-state index contributed by atoms with van der Waals surface area (Å²) in [5, 5.41) is 8.01.